The van der Waals surface area contributed by atoms with Gasteiger partial charge in [0.05, 0.1) is 17.6 Å². The van der Waals surface area contributed by atoms with E-state index in [1.807, 2.05) is 0 Å². The summed E-state index contributed by atoms with van der Waals surface area (Å²) in [6.07, 6.45) is 5.24. The van der Waals surface area contributed by atoms with E-state index in [4.69, 9.17) is 5.73 Å². The summed E-state index contributed by atoms with van der Waals surface area (Å²) in [6.45, 7) is 4.36. The highest BCUT2D eigenvalue weighted by atomic mass is 14.6. The fourth-order valence-electron chi connectivity index (χ4n) is 4.20. The van der Waals surface area contributed by atoms with E-state index in [9.17, 15) is 10.5 Å². The summed E-state index contributed by atoms with van der Waals surface area (Å²) in [4.78, 5) is 0. The Kier molecular flexibility index (Phi) is 4.95. The van der Waals surface area contributed by atoms with E-state index in [1.54, 1.807) is 0 Å². The Morgan fingerprint density at radius 3 is 2.32 bits per heavy atom. The summed E-state index contributed by atoms with van der Waals surface area (Å²) >= 11 is 0. The second-order valence-corrected chi connectivity index (χ2v) is 7.41. The lowest BCUT2D eigenvalue weighted by atomic mass is 9.70. The molecule has 25 heavy (non-hydrogen) atoms. The van der Waals surface area contributed by atoms with E-state index in [0.29, 0.717) is 17.2 Å². The maximum Gasteiger partial charge on any atom is 0.101 e. The van der Waals surface area contributed by atoms with E-state index in [1.165, 1.54) is 17.6 Å². The third-order valence-electron chi connectivity index (χ3n) is 5.61. The van der Waals surface area contributed by atoms with Crippen molar-refractivity contribution >= 4 is 0 Å². The standard InChI is InChI=1S/C22H25N3/c1-14(2)15-8-10-16(11-9-15)21-18-7-5-3-4-6-17(18)19(12-23)22(25)20(21)13-24/h8-11,14,20-21H,3-7,25H2,1-2H3. The summed E-state index contributed by atoms with van der Waals surface area (Å²) in [7, 11) is 0. The largest absolute Gasteiger partial charge is 0.400 e. The van der Waals surface area contributed by atoms with Gasteiger partial charge in [-0.25, -0.2) is 0 Å². The summed E-state index contributed by atoms with van der Waals surface area (Å²) in [5.74, 6) is 0.0165. The minimum absolute atomic E-state index is 0.0172. The smallest absolute Gasteiger partial charge is 0.101 e. The topological polar surface area (TPSA) is 73.6 Å². The molecule has 0 spiro atoms. The first kappa shape index (κ1) is 17.3. The zero-order valence-electron chi connectivity index (χ0n) is 15.0. The number of nitrogens with two attached hydrogens (primary N) is 1. The van der Waals surface area contributed by atoms with Crippen LogP contribution in [0.4, 0.5) is 0 Å². The lowest BCUT2D eigenvalue weighted by Gasteiger charge is -2.33. The van der Waals surface area contributed by atoms with Crippen LogP contribution in [0.1, 0.15) is 68.9 Å². The number of nitriles is 2. The Labute approximate surface area is 150 Å². The number of allylic oxidation sites excluding steroid dienone is 4. The number of hydrogen-bond donors (Lipinski definition) is 1. The number of rotatable bonds is 2. The lowest BCUT2D eigenvalue weighted by Crippen LogP contribution is -2.27. The van der Waals surface area contributed by atoms with Crippen molar-refractivity contribution in [3.05, 3.63) is 57.8 Å². The average molecular weight is 331 g/mol. The summed E-state index contributed by atoms with van der Waals surface area (Å²) in [5, 5.41) is 19.4. The third kappa shape index (κ3) is 3.08. The van der Waals surface area contributed by atoms with Crippen molar-refractivity contribution in [2.24, 2.45) is 11.7 Å². The van der Waals surface area contributed by atoms with E-state index in [-0.39, 0.29) is 5.92 Å². The minimum Gasteiger partial charge on any atom is -0.400 e. The molecule has 0 radical (unpaired) electrons. The van der Waals surface area contributed by atoms with Gasteiger partial charge in [-0.1, -0.05) is 50.1 Å². The minimum atomic E-state index is -0.448. The third-order valence-corrected chi connectivity index (χ3v) is 5.61. The quantitative estimate of drug-likeness (QED) is 0.824. The van der Waals surface area contributed by atoms with Gasteiger partial charge < -0.3 is 5.73 Å². The molecule has 128 valence electrons. The predicted molar refractivity (Wildman–Crippen MR) is 99.3 cm³/mol. The fourth-order valence-corrected chi connectivity index (χ4v) is 4.20. The number of nitrogens with zero attached hydrogens (tertiary/aromatic N) is 2. The van der Waals surface area contributed by atoms with Crippen LogP contribution in [0.3, 0.4) is 0 Å². The van der Waals surface area contributed by atoms with E-state index in [2.05, 4.69) is 50.3 Å². The van der Waals surface area contributed by atoms with Crippen LogP contribution in [0.25, 0.3) is 0 Å². The zero-order chi connectivity index (χ0) is 18.0. The summed E-state index contributed by atoms with van der Waals surface area (Å²) < 4.78 is 0. The van der Waals surface area contributed by atoms with Crippen molar-refractivity contribution in [2.75, 3.05) is 0 Å². The molecule has 1 aromatic rings. The van der Waals surface area contributed by atoms with Gasteiger partial charge in [0.25, 0.3) is 0 Å². The Balaban J connectivity index is 2.13. The Hall–Kier alpha value is -2.52. The van der Waals surface area contributed by atoms with Gasteiger partial charge in [-0.2, -0.15) is 10.5 Å². The molecular weight excluding hydrogens is 306 g/mol. The zero-order valence-corrected chi connectivity index (χ0v) is 15.0. The van der Waals surface area contributed by atoms with Crippen molar-refractivity contribution < 1.29 is 0 Å². The summed E-state index contributed by atoms with van der Waals surface area (Å²) in [5.41, 5.74) is 12.2. The molecule has 0 fully saturated rings. The highest BCUT2D eigenvalue weighted by molar-refractivity contribution is 5.56. The van der Waals surface area contributed by atoms with Gasteiger partial charge in [0.2, 0.25) is 0 Å². The number of hydrogen-bond acceptors (Lipinski definition) is 3. The second kappa shape index (κ2) is 7.16. The van der Waals surface area contributed by atoms with Crippen molar-refractivity contribution in [3.8, 4) is 12.1 Å². The van der Waals surface area contributed by atoms with Gasteiger partial charge in [0.15, 0.2) is 0 Å². The van der Waals surface area contributed by atoms with Gasteiger partial charge >= 0.3 is 0 Å². The first-order valence-corrected chi connectivity index (χ1v) is 9.20. The molecule has 3 heteroatoms. The molecule has 0 aliphatic heterocycles. The molecule has 2 N–H and O–H groups in total. The molecule has 2 unspecified atom stereocenters. The highest BCUT2D eigenvalue weighted by Crippen LogP contribution is 2.47. The molecule has 0 saturated carbocycles. The average Bonchev–Trinajstić information content (AvgIpc) is 2.86. The van der Waals surface area contributed by atoms with Crippen LogP contribution < -0.4 is 5.73 Å². The van der Waals surface area contributed by atoms with Crippen LogP contribution in [-0.4, -0.2) is 0 Å². The SMILES string of the molecule is CC(C)c1ccc(C2C3=C(CCCCC3)C(C#N)=C(N)C2C#N)cc1. The Bertz CT molecular complexity index is 797. The van der Waals surface area contributed by atoms with Crippen LogP contribution in [0.15, 0.2) is 46.7 Å². The highest BCUT2D eigenvalue weighted by Gasteiger charge is 2.37. The van der Waals surface area contributed by atoms with Crippen molar-refractivity contribution in [1.82, 2.24) is 0 Å². The molecule has 0 saturated heterocycles. The lowest BCUT2D eigenvalue weighted by molar-refractivity contribution is 0.592. The first-order chi connectivity index (χ1) is 12.1. The normalized spacial score (nSPS) is 23.7. The van der Waals surface area contributed by atoms with E-state index >= 15 is 0 Å². The Morgan fingerprint density at radius 2 is 1.72 bits per heavy atom. The molecule has 1 aromatic carbocycles. The molecule has 0 amide bonds. The first-order valence-electron chi connectivity index (χ1n) is 9.20. The molecule has 0 aromatic heterocycles. The van der Waals surface area contributed by atoms with Crippen LogP contribution in [0.5, 0.6) is 0 Å². The van der Waals surface area contributed by atoms with Crippen molar-refractivity contribution in [2.45, 2.75) is 57.8 Å². The fraction of sp³-hybridized carbons (Fsp3) is 0.455. The molecule has 0 heterocycles. The predicted octanol–water partition coefficient (Wildman–Crippen LogP) is 5.04. The molecule has 2 aliphatic carbocycles. The van der Waals surface area contributed by atoms with Gasteiger partial charge in [0, 0.05) is 11.6 Å². The molecule has 2 atom stereocenters. The molecule has 2 aliphatic rings. The van der Waals surface area contributed by atoms with Crippen LogP contribution in [0, 0.1) is 28.6 Å². The monoisotopic (exact) mass is 331 g/mol. The summed E-state index contributed by atoms with van der Waals surface area (Å²) in [6, 6.07) is 13.3. The maximum absolute atomic E-state index is 9.81. The van der Waals surface area contributed by atoms with Gasteiger partial charge in [-0.15, -0.1) is 0 Å². The van der Waals surface area contributed by atoms with Crippen LogP contribution >= 0.6 is 0 Å². The molecule has 3 nitrogen and oxygen atoms in total. The van der Waals surface area contributed by atoms with Crippen LogP contribution in [0.2, 0.25) is 0 Å². The second-order valence-electron chi connectivity index (χ2n) is 7.41. The molecule has 3 rings (SSSR count). The van der Waals surface area contributed by atoms with Gasteiger partial charge in [-0.05, 0) is 48.3 Å². The van der Waals surface area contributed by atoms with Gasteiger partial charge in [0.1, 0.15) is 6.07 Å². The van der Waals surface area contributed by atoms with Crippen molar-refractivity contribution in [3.63, 3.8) is 0 Å². The van der Waals surface area contributed by atoms with Gasteiger partial charge in [-0.3, -0.25) is 0 Å². The molecule has 0 bridgehead atoms. The van der Waals surface area contributed by atoms with E-state index in [0.717, 1.165) is 36.8 Å². The van der Waals surface area contributed by atoms with Crippen LogP contribution in [-0.2, 0) is 0 Å². The maximum atomic E-state index is 9.81. The number of benzene rings is 1. The Morgan fingerprint density at radius 1 is 1.04 bits per heavy atom. The van der Waals surface area contributed by atoms with Crippen molar-refractivity contribution in [1.29, 1.82) is 10.5 Å². The molecular formula is C22H25N3. The van der Waals surface area contributed by atoms with E-state index < -0.39 is 5.92 Å².